The van der Waals surface area contributed by atoms with E-state index in [9.17, 15) is 4.79 Å². The van der Waals surface area contributed by atoms with Gasteiger partial charge in [0, 0.05) is 12.1 Å². The maximum Gasteiger partial charge on any atom is 0.333 e. The highest BCUT2D eigenvalue weighted by Crippen LogP contribution is 2.00. The van der Waals surface area contributed by atoms with E-state index >= 15 is 0 Å². The summed E-state index contributed by atoms with van der Waals surface area (Å²) >= 11 is 0. The number of unbranched alkanes of at least 4 members (excludes halogenated alkanes) is 1. The van der Waals surface area contributed by atoms with Crippen molar-refractivity contribution in [3.05, 3.63) is 11.6 Å². The fourth-order valence-corrected chi connectivity index (χ4v) is 1.05. The Kier molecular flexibility index (Phi) is 8.01. The van der Waals surface area contributed by atoms with Gasteiger partial charge in [-0.25, -0.2) is 4.79 Å². The molecule has 15 heavy (non-hydrogen) atoms. The number of hydrogen-bond acceptors (Lipinski definition) is 3. The van der Waals surface area contributed by atoms with E-state index in [1.54, 1.807) is 0 Å². The second-order valence-corrected chi connectivity index (χ2v) is 3.97. The second-order valence-electron chi connectivity index (χ2n) is 3.97. The lowest BCUT2D eigenvalue weighted by Crippen LogP contribution is -2.13. The minimum atomic E-state index is -0.179. The second kappa shape index (κ2) is 8.48. The molecule has 0 radical (unpaired) electrons. The van der Waals surface area contributed by atoms with E-state index < -0.39 is 0 Å². The molecule has 0 N–H and O–H groups in total. The topological polar surface area (TPSA) is 29.5 Å². The van der Waals surface area contributed by atoms with E-state index in [2.05, 4.69) is 11.8 Å². The third-order valence-electron chi connectivity index (χ3n) is 2.08. The molecule has 0 atom stereocenters. The van der Waals surface area contributed by atoms with Crippen LogP contribution in [0.2, 0.25) is 0 Å². The van der Waals surface area contributed by atoms with Gasteiger partial charge in [-0.1, -0.05) is 19.4 Å². The fraction of sp³-hybridized carbons (Fsp3) is 0.750. The predicted molar refractivity (Wildman–Crippen MR) is 62.8 cm³/mol. The Balaban J connectivity index is 3.76. The molecule has 3 heteroatoms. The number of ether oxygens (including phenoxy) is 1. The Morgan fingerprint density at radius 2 is 2.07 bits per heavy atom. The Bertz CT molecular complexity index is 210. The molecular formula is C12H23NO2. The summed E-state index contributed by atoms with van der Waals surface area (Å²) in [4.78, 5) is 13.5. The highest BCUT2D eigenvalue weighted by molar-refractivity contribution is 5.87. The molecule has 0 aromatic carbocycles. The van der Waals surface area contributed by atoms with Crippen molar-refractivity contribution in [2.24, 2.45) is 0 Å². The zero-order chi connectivity index (χ0) is 11.7. The highest BCUT2D eigenvalue weighted by atomic mass is 16.5. The van der Waals surface area contributed by atoms with Crippen LogP contribution in [-0.2, 0) is 9.53 Å². The van der Waals surface area contributed by atoms with Crippen molar-refractivity contribution < 1.29 is 9.53 Å². The first-order chi connectivity index (χ1) is 7.07. The molecule has 0 spiro atoms. The molecule has 0 saturated carbocycles. The predicted octanol–water partition coefficient (Wildman–Crippen LogP) is 2.23. The summed E-state index contributed by atoms with van der Waals surface area (Å²) in [5.74, 6) is -0.179. The molecule has 88 valence electrons. The Morgan fingerprint density at radius 1 is 1.40 bits per heavy atom. The summed E-state index contributed by atoms with van der Waals surface area (Å²) in [5.41, 5.74) is 0.716. The third-order valence-corrected chi connectivity index (χ3v) is 2.08. The molecule has 0 aliphatic heterocycles. The summed E-state index contributed by atoms with van der Waals surface area (Å²) in [6.07, 6.45) is 4.82. The number of carbonyl (C=O) groups is 1. The first-order valence-corrected chi connectivity index (χ1v) is 5.56. The van der Waals surface area contributed by atoms with Gasteiger partial charge in [0.2, 0.25) is 0 Å². The zero-order valence-corrected chi connectivity index (χ0v) is 10.4. The molecule has 0 fully saturated rings. The van der Waals surface area contributed by atoms with Crippen LogP contribution in [0.5, 0.6) is 0 Å². The van der Waals surface area contributed by atoms with Crippen molar-refractivity contribution in [1.29, 1.82) is 0 Å². The molecule has 0 aromatic rings. The number of rotatable bonds is 7. The first-order valence-electron chi connectivity index (χ1n) is 5.56. The SMILES string of the molecule is CCCCOC(=O)C(C)=CCCN(C)C. The minimum Gasteiger partial charge on any atom is -0.462 e. The molecule has 0 unspecified atom stereocenters. The quantitative estimate of drug-likeness (QED) is 0.369. The van der Waals surface area contributed by atoms with Crippen LogP contribution in [0.15, 0.2) is 11.6 Å². The van der Waals surface area contributed by atoms with Crippen molar-refractivity contribution in [3.8, 4) is 0 Å². The van der Waals surface area contributed by atoms with Crippen molar-refractivity contribution in [2.75, 3.05) is 27.2 Å². The summed E-state index contributed by atoms with van der Waals surface area (Å²) in [6.45, 7) is 5.38. The molecule has 0 aliphatic carbocycles. The van der Waals surface area contributed by atoms with Gasteiger partial charge < -0.3 is 9.64 Å². The van der Waals surface area contributed by atoms with E-state index in [1.807, 2.05) is 27.1 Å². The number of esters is 1. The van der Waals surface area contributed by atoms with E-state index in [0.29, 0.717) is 12.2 Å². The molecular weight excluding hydrogens is 190 g/mol. The maximum atomic E-state index is 11.4. The normalized spacial score (nSPS) is 11.9. The Morgan fingerprint density at radius 3 is 2.60 bits per heavy atom. The summed E-state index contributed by atoms with van der Waals surface area (Å²) < 4.78 is 5.08. The average molecular weight is 213 g/mol. The van der Waals surface area contributed by atoms with Gasteiger partial charge in [-0.3, -0.25) is 0 Å². The highest BCUT2D eigenvalue weighted by Gasteiger charge is 2.04. The monoisotopic (exact) mass is 213 g/mol. The van der Waals surface area contributed by atoms with Gasteiger partial charge in [0.25, 0.3) is 0 Å². The van der Waals surface area contributed by atoms with E-state index in [0.717, 1.165) is 25.8 Å². The first kappa shape index (κ1) is 14.2. The summed E-state index contributed by atoms with van der Waals surface area (Å²) in [5, 5.41) is 0. The fourth-order valence-electron chi connectivity index (χ4n) is 1.05. The van der Waals surface area contributed by atoms with Crippen LogP contribution in [0.1, 0.15) is 33.1 Å². The van der Waals surface area contributed by atoms with Crippen molar-refractivity contribution in [1.82, 2.24) is 4.90 Å². The Labute approximate surface area is 93.1 Å². The van der Waals surface area contributed by atoms with Crippen molar-refractivity contribution in [2.45, 2.75) is 33.1 Å². The van der Waals surface area contributed by atoms with Gasteiger partial charge in [0.1, 0.15) is 0 Å². The number of carbonyl (C=O) groups excluding carboxylic acids is 1. The van der Waals surface area contributed by atoms with Crippen LogP contribution in [-0.4, -0.2) is 38.1 Å². The van der Waals surface area contributed by atoms with Crippen LogP contribution in [0.3, 0.4) is 0 Å². The molecule has 0 aliphatic rings. The molecule has 3 nitrogen and oxygen atoms in total. The molecule has 0 saturated heterocycles. The molecule has 0 rings (SSSR count). The lowest BCUT2D eigenvalue weighted by atomic mass is 10.2. The van der Waals surface area contributed by atoms with Crippen molar-refractivity contribution >= 4 is 5.97 Å². The van der Waals surface area contributed by atoms with Crippen LogP contribution in [0.25, 0.3) is 0 Å². The van der Waals surface area contributed by atoms with Crippen LogP contribution >= 0.6 is 0 Å². The van der Waals surface area contributed by atoms with Gasteiger partial charge in [-0.05, 0) is 33.9 Å². The number of hydrogen-bond donors (Lipinski definition) is 0. The lowest BCUT2D eigenvalue weighted by Gasteiger charge is -2.07. The van der Waals surface area contributed by atoms with Crippen LogP contribution in [0.4, 0.5) is 0 Å². The number of nitrogens with zero attached hydrogens (tertiary/aromatic N) is 1. The average Bonchev–Trinajstić information content (AvgIpc) is 2.17. The Hall–Kier alpha value is -0.830. The van der Waals surface area contributed by atoms with Gasteiger partial charge in [0.05, 0.1) is 6.61 Å². The summed E-state index contributed by atoms with van der Waals surface area (Å²) in [6, 6.07) is 0. The standard InChI is InChI=1S/C12H23NO2/c1-5-6-10-15-12(14)11(2)8-7-9-13(3)4/h8H,5-7,9-10H2,1-4H3. The minimum absolute atomic E-state index is 0.179. The third kappa shape index (κ3) is 8.18. The van der Waals surface area contributed by atoms with E-state index in [1.165, 1.54) is 0 Å². The van der Waals surface area contributed by atoms with Gasteiger partial charge in [-0.15, -0.1) is 0 Å². The van der Waals surface area contributed by atoms with Gasteiger partial charge >= 0.3 is 5.97 Å². The van der Waals surface area contributed by atoms with Gasteiger partial charge in [0.15, 0.2) is 0 Å². The van der Waals surface area contributed by atoms with Crippen molar-refractivity contribution in [3.63, 3.8) is 0 Å². The largest absolute Gasteiger partial charge is 0.462 e. The smallest absolute Gasteiger partial charge is 0.333 e. The van der Waals surface area contributed by atoms with Crippen LogP contribution in [0, 0.1) is 0 Å². The molecule has 0 aromatic heterocycles. The lowest BCUT2D eigenvalue weighted by molar-refractivity contribution is -0.139. The molecule has 0 bridgehead atoms. The van der Waals surface area contributed by atoms with Gasteiger partial charge in [-0.2, -0.15) is 0 Å². The van der Waals surface area contributed by atoms with E-state index in [-0.39, 0.29) is 5.97 Å². The van der Waals surface area contributed by atoms with Crippen LogP contribution < -0.4 is 0 Å². The summed E-state index contributed by atoms with van der Waals surface area (Å²) in [7, 11) is 4.03. The molecule has 0 heterocycles. The molecule has 0 amide bonds. The van der Waals surface area contributed by atoms with E-state index in [4.69, 9.17) is 4.74 Å². The zero-order valence-electron chi connectivity index (χ0n) is 10.4. The maximum absolute atomic E-state index is 11.4.